The highest BCUT2D eigenvalue weighted by atomic mass is 35.5. The van der Waals surface area contributed by atoms with E-state index < -0.39 is 12.0 Å². The smallest absolute Gasteiger partial charge is 0.339 e. The highest BCUT2D eigenvalue weighted by molar-refractivity contribution is 6.34. The van der Waals surface area contributed by atoms with Crippen LogP contribution in [0.25, 0.3) is 0 Å². The molecule has 0 aliphatic heterocycles. The van der Waals surface area contributed by atoms with Gasteiger partial charge in [-0.2, -0.15) is 0 Å². The van der Waals surface area contributed by atoms with Crippen molar-refractivity contribution in [3.8, 4) is 0 Å². The number of carbonyl (C=O) groups is 3. The molecule has 0 unspecified atom stereocenters. The normalized spacial score (nSPS) is 9.75. The van der Waals surface area contributed by atoms with Crippen molar-refractivity contribution in [3.05, 3.63) is 28.8 Å². The SMILES string of the molecule is CN(C)C(=O)CNC(=O)Nc1cccc(Cl)c1C(=O)O. The van der Waals surface area contributed by atoms with E-state index in [1.165, 1.54) is 23.1 Å². The number of halogens is 1. The van der Waals surface area contributed by atoms with Crippen LogP contribution in [0.1, 0.15) is 10.4 Å². The van der Waals surface area contributed by atoms with Gasteiger partial charge < -0.3 is 20.6 Å². The number of nitrogens with one attached hydrogen (secondary N) is 2. The third-order valence-corrected chi connectivity index (χ3v) is 2.69. The van der Waals surface area contributed by atoms with E-state index in [9.17, 15) is 14.4 Å². The summed E-state index contributed by atoms with van der Waals surface area (Å²) < 4.78 is 0. The summed E-state index contributed by atoms with van der Waals surface area (Å²) >= 11 is 5.76. The highest BCUT2D eigenvalue weighted by Gasteiger charge is 2.16. The number of nitrogens with zero attached hydrogens (tertiary/aromatic N) is 1. The van der Waals surface area contributed by atoms with E-state index in [2.05, 4.69) is 10.6 Å². The number of likely N-dealkylation sites (N-methyl/N-ethyl adjacent to an activating group) is 1. The number of rotatable bonds is 4. The Labute approximate surface area is 120 Å². The molecule has 0 saturated heterocycles. The summed E-state index contributed by atoms with van der Waals surface area (Å²) in [7, 11) is 3.11. The maximum absolute atomic E-state index is 11.6. The molecule has 3 N–H and O–H groups in total. The maximum atomic E-state index is 11.6. The molecule has 0 saturated carbocycles. The lowest BCUT2D eigenvalue weighted by Gasteiger charge is -2.13. The van der Waals surface area contributed by atoms with Crippen molar-refractivity contribution >= 4 is 35.2 Å². The number of hydrogen-bond donors (Lipinski definition) is 3. The highest BCUT2D eigenvalue weighted by Crippen LogP contribution is 2.24. The molecular formula is C12H14ClN3O4. The molecular weight excluding hydrogens is 286 g/mol. The van der Waals surface area contributed by atoms with Gasteiger partial charge in [0.15, 0.2) is 0 Å². The third-order valence-electron chi connectivity index (χ3n) is 2.37. The first-order valence-corrected chi connectivity index (χ1v) is 5.97. The van der Waals surface area contributed by atoms with E-state index in [-0.39, 0.29) is 28.7 Å². The van der Waals surface area contributed by atoms with Gasteiger partial charge in [0, 0.05) is 14.1 Å². The molecule has 108 valence electrons. The van der Waals surface area contributed by atoms with Gasteiger partial charge in [-0.25, -0.2) is 9.59 Å². The molecule has 8 heteroatoms. The number of carbonyl (C=O) groups excluding carboxylic acids is 2. The molecule has 0 spiro atoms. The number of hydrogen-bond acceptors (Lipinski definition) is 3. The average Bonchev–Trinajstić information content (AvgIpc) is 2.35. The number of aromatic carboxylic acids is 1. The van der Waals surface area contributed by atoms with E-state index in [1.807, 2.05) is 0 Å². The van der Waals surface area contributed by atoms with Crippen molar-refractivity contribution in [2.24, 2.45) is 0 Å². The van der Waals surface area contributed by atoms with Gasteiger partial charge in [0.05, 0.1) is 17.3 Å². The predicted molar refractivity (Wildman–Crippen MR) is 74.1 cm³/mol. The number of urea groups is 1. The molecule has 0 atom stereocenters. The first kappa shape index (κ1) is 15.8. The second-order valence-electron chi connectivity index (χ2n) is 4.06. The van der Waals surface area contributed by atoms with Gasteiger partial charge in [0.2, 0.25) is 5.91 Å². The van der Waals surface area contributed by atoms with Gasteiger partial charge in [0.1, 0.15) is 5.56 Å². The van der Waals surface area contributed by atoms with Crippen LogP contribution in [0.4, 0.5) is 10.5 Å². The predicted octanol–water partition coefficient (Wildman–Crippen LogP) is 1.25. The molecule has 7 nitrogen and oxygen atoms in total. The summed E-state index contributed by atoms with van der Waals surface area (Å²) in [4.78, 5) is 35.3. The van der Waals surface area contributed by atoms with Crippen molar-refractivity contribution in [2.75, 3.05) is 26.0 Å². The Bertz CT molecular complexity index is 546. The third kappa shape index (κ3) is 4.13. The summed E-state index contributed by atoms with van der Waals surface area (Å²) in [5.41, 5.74) is -0.150. The van der Waals surface area contributed by atoms with E-state index in [0.717, 1.165) is 0 Å². The molecule has 1 rings (SSSR count). The van der Waals surface area contributed by atoms with Crippen LogP contribution in [0.2, 0.25) is 5.02 Å². The topological polar surface area (TPSA) is 98.7 Å². The quantitative estimate of drug-likeness (QED) is 0.779. The summed E-state index contributed by atoms with van der Waals surface area (Å²) in [6.07, 6.45) is 0. The monoisotopic (exact) mass is 299 g/mol. The van der Waals surface area contributed by atoms with Crippen molar-refractivity contribution in [1.29, 1.82) is 0 Å². The molecule has 20 heavy (non-hydrogen) atoms. The Hall–Kier alpha value is -2.28. The van der Waals surface area contributed by atoms with Gasteiger partial charge in [-0.3, -0.25) is 4.79 Å². The lowest BCUT2D eigenvalue weighted by Crippen LogP contribution is -2.38. The zero-order valence-corrected chi connectivity index (χ0v) is 11.7. The lowest BCUT2D eigenvalue weighted by atomic mass is 10.2. The van der Waals surface area contributed by atoms with Gasteiger partial charge in [-0.15, -0.1) is 0 Å². The fraction of sp³-hybridized carbons (Fsp3) is 0.250. The summed E-state index contributed by atoms with van der Waals surface area (Å²) in [6.45, 7) is -0.193. The first-order valence-electron chi connectivity index (χ1n) is 5.59. The average molecular weight is 300 g/mol. The van der Waals surface area contributed by atoms with E-state index >= 15 is 0 Å². The Morgan fingerprint density at radius 3 is 2.50 bits per heavy atom. The molecule has 3 amide bonds. The summed E-state index contributed by atoms with van der Waals surface area (Å²) in [6, 6.07) is 3.63. The van der Waals surface area contributed by atoms with Crippen LogP contribution >= 0.6 is 11.6 Å². The summed E-state index contributed by atoms with van der Waals surface area (Å²) in [5.74, 6) is -1.54. The minimum absolute atomic E-state index is 0.0136. The molecule has 0 aliphatic carbocycles. The van der Waals surface area contributed by atoms with Crippen LogP contribution in [0, 0.1) is 0 Å². The molecule has 0 bridgehead atoms. The molecule has 0 radical (unpaired) electrons. The number of amides is 3. The molecule has 0 heterocycles. The Balaban J connectivity index is 2.74. The zero-order chi connectivity index (χ0) is 15.3. The second-order valence-corrected chi connectivity index (χ2v) is 4.47. The first-order chi connectivity index (χ1) is 9.32. The second kappa shape index (κ2) is 6.76. The molecule has 1 aromatic carbocycles. The number of anilines is 1. The maximum Gasteiger partial charge on any atom is 0.339 e. The van der Waals surface area contributed by atoms with Crippen LogP contribution in [-0.4, -0.2) is 48.6 Å². The lowest BCUT2D eigenvalue weighted by molar-refractivity contribution is -0.127. The number of benzene rings is 1. The van der Waals surface area contributed by atoms with Crippen molar-refractivity contribution in [3.63, 3.8) is 0 Å². The van der Waals surface area contributed by atoms with Gasteiger partial charge >= 0.3 is 12.0 Å². The van der Waals surface area contributed by atoms with E-state index in [0.29, 0.717) is 0 Å². The fourth-order valence-corrected chi connectivity index (χ4v) is 1.58. The van der Waals surface area contributed by atoms with Crippen LogP contribution in [0.15, 0.2) is 18.2 Å². The Kier molecular flexibility index (Phi) is 5.33. The van der Waals surface area contributed by atoms with Crippen LogP contribution in [0.5, 0.6) is 0 Å². The van der Waals surface area contributed by atoms with Gasteiger partial charge in [-0.1, -0.05) is 17.7 Å². The molecule has 0 fully saturated rings. The minimum atomic E-state index is -1.25. The van der Waals surface area contributed by atoms with Crippen molar-refractivity contribution in [1.82, 2.24) is 10.2 Å². The van der Waals surface area contributed by atoms with E-state index in [4.69, 9.17) is 16.7 Å². The number of carboxylic acids is 1. The number of carboxylic acid groups (broad SMARTS) is 1. The molecule has 0 aromatic heterocycles. The Morgan fingerprint density at radius 1 is 1.30 bits per heavy atom. The summed E-state index contributed by atoms with van der Waals surface area (Å²) in [5, 5.41) is 13.7. The van der Waals surface area contributed by atoms with Gasteiger partial charge in [-0.05, 0) is 12.1 Å². The molecule has 1 aromatic rings. The largest absolute Gasteiger partial charge is 0.478 e. The fourth-order valence-electron chi connectivity index (χ4n) is 1.33. The van der Waals surface area contributed by atoms with Crippen LogP contribution < -0.4 is 10.6 Å². The van der Waals surface area contributed by atoms with Crippen LogP contribution in [0.3, 0.4) is 0 Å². The van der Waals surface area contributed by atoms with Gasteiger partial charge in [0.25, 0.3) is 0 Å². The zero-order valence-electron chi connectivity index (χ0n) is 10.9. The van der Waals surface area contributed by atoms with E-state index in [1.54, 1.807) is 14.1 Å². The van der Waals surface area contributed by atoms with Crippen LogP contribution in [-0.2, 0) is 4.79 Å². The van der Waals surface area contributed by atoms with Crippen molar-refractivity contribution in [2.45, 2.75) is 0 Å². The Morgan fingerprint density at radius 2 is 1.95 bits per heavy atom. The molecule has 0 aliphatic rings. The van der Waals surface area contributed by atoms with Crippen molar-refractivity contribution < 1.29 is 19.5 Å². The standard InChI is InChI=1S/C12H14ClN3O4/c1-16(2)9(17)6-14-12(20)15-8-5-3-4-7(13)10(8)11(18)19/h3-5H,6H2,1-2H3,(H,18,19)(H2,14,15,20). The minimum Gasteiger partial charge on any atom is -0.478 e.